The summed E-state index contributed by atoms with van der Waals surface area (Å²) < 4.78 is 0. The Morgan fingerprint density at radius 1 is 1.58 bits per heavy atom. The largest absolute Gasteiger partial charge is 0.388 e. The lowest BCUT2D eigenvalue weighted by Gasteiger charge is -2.06. The van der Waals surface area contributed by atoms with Crippen molar-refractivity contribution in [2.75, 3.05) is 6.26 Å². The third-order valence-corrected chi connectivity index (χ3v) is 2.40. The number of thioether (sulfide) groups is 1. The van der Waals surface area contributed by atoms with Gasteiger partial charge in [0.05, 0.1) is 11.1 Å². The molecule has 1 aromatic heterocycles. The summed E-state index contributed by atoms with van der Waals surface area (Å²) in [5, 5.41) is 10.4. The maximum atomic E-state index is 9.45. The molecule has 1 aromatic rings. The molecule has 1 atom stereocenters. The fraction of sp³-hybridized carbons (Fsp3) is 0.444. The van der Waals surface area contributed by atoms with Crippen molar-refractivity contribution in [2.24, 2.45) is 0 Å². The third-order valence-electron chi connectivity index (χ3n) is 1.74. The predicted molar refractivity (Wildman–Crippen MR) is 51.3 cm³/mol. The molecule has 66 valence electrons. The van der Waals surface area contributed by atoms with E-state index in [2.05, 4.69) is 4.98 Å². The molecule has 0 spiro atoms. The maximum Gasteiger partial charge on any atom is 0.0957 e. The molecule has 0 bridgehead atoms. The first-order valence-corrected chi connectivity index (χ1v) is 5.18. The van der Waals surface area contributed by atoms with Crippen molar-refractivity contribution in [1.29, 1.82) is 0 Å². The lowest BCUT2D eigenvalue weighted by Crippen LogP contribution is -1.95. The molecule has 0 saturated heterocycles. The highest BCUT2D eigenvalue weighted by atomic mass is 32.2. The van der Waals surface area contributed by atoms with Crippen molar-refractivity contribution in [2.45, 2.75) is 24.5 Å². The zero-order valence-electron chi connectivity index (χ0n) is 7.32. The zero-order chi connectivity index (χ0) is 8.97. The van der Waals surface area contributed by atoms with Crippen LogP contribution in [0.5, 0.6) is 0 Å². The van der Waals surface area contributed by atoms with Gasteiger partial charge in [0.25, 0.3) is 0 Å². The summed E-state index contributed by atoms with van der Waals surface area (Å²) in [4.78, 5) is 4.17. The van der Waals surface area contributed by atoms with Crippen molar-refractivity contribution < 1.29 is 5.11 Å². The number of aliphatic hydroxyl groups excluding tert-OH is 1. The molecule has 1 N–H and O–H groups in total. The molecule has 0 unspecified atom stereocenters. The van der Waals surface area contributed by atoms with Crippen LogP contribution in [0.25, 0.3) is 0 Å². The van der Waals surface area contributed by atoms with Crippen LogP contribution in [0.1, 0.15) is 25.0 Å². The fourth-order valence-electron chi connectivity index (χ4n) is 0.945. The maximum absolute atomic E-state index is 9.45. The SMILES string of the molecule is CC[C@@H](O)c1ccc(SC)nc1. The standard InChI is InChI=1S/C9H13NOS/c1-3-8(11)7-4-5-9(12-2)10-6-7/h4-6,8,11H,3H2,1-2H3/t8-/m1/s1. The molecule has 1 heterocycles. The van der Waals surface area contributed by atoms with Crippen molar-refractivity contribution in [3.63, 3.8) is 0 Å². The Kier molecular flexibility index (Phi) is 3.56. The van der Waals surface area contributed by atoms with E-state index in [4.69, 9.17) is 0 Å². The molecule has 0 aromatic carbocycles. The van der Waals surface area contributed by atoms with E-state index >= 15 is 0 Å². The molecule has 3 heteroatoms. The molecular formula is C9H13NOS. The second-order valence-electron chi connectivity index (χ2n) is 2.56. The number of aliphatic hydroxyl groups is 1. The van der Waals surface area contributed by atoms with Crippen LogP contribution in [-0.2, 0) is 0 Å². The molecule has 2 nitrogen and oxygen atoms in total. The highest BCUT2D eigenvalue weighted by molar-refractivity contribution is 7.98. The number of pyridine rings is 1. The Morgan fingerprint density at radius 3 is 2.75 bits per heavy atom. The number of aromatic nitrogens is 1. The highest BCUT2D eigenvalue weighted by Gasteiger charge is 2.03. The van der Waals surface area contributed by atoms with Crippen LogP contribution in [-0.4, -0.2) is 16.3 Å². The molecule has 0 aliphatic heterocycles. The van der Waals surface area contributed by atoms with E-state index in [0.29, 0.717) is 0 Å². The van der Waals surface area contributed by atoms with Crippen LogP contribution in [0.3, 0.4) is 0 Å². The fourth-order valence-corrected chi connectivity index (χ4v) is 1.31. The van der Waals surface area contributed by atoms with Crippen molar-refractivity contribution in [3.8, 4) is 0 Å². The molecule has 1 rings (SSSR count). The normalized spacial score (nSPS) is 12.9. The monoisotopic (exact) mass is 183 g/mol. The van der Waals surface area contributed by atoms with Gasteiger partial charge in [-0.25, -0.2) is 4.98 Å². The Bertz CT molecular complexity index is 235. The molecule has 0 fully saturated rings. The molecule has 12 heavy (non-hydrogen) atoms. The van der Waals surface area contributed by atoms with Crippen LogP contribution < -0.4 is 0 Å². The Balaban J connectivity index is 2.77. The summed E-state index contributed by atoms with van der Waals surface area (Å²) in [6.45, 7) is 1.95. The first-order chi connectivity index (χ1) is 5.77. The van der Waals surface area contributed by atoms with E-state index in [1.807, 2.05) is 25.3 Å². The number of nitrogens with zero attached hydrogens (tertiary/aromatic N) is 1. The van der Waals surface area contributed by atoms with Gasteiger partial charge < -0.3 is 5.11 Å². The van der Waals surface area contributed by atoms with Gasteiger partial charge >= 0.3 is 0 Å². The minimum Gasteiger partial charge on any atom is -0.388 e. The lowest BCUT2D eigenvalue weighted by molar-refractivity contribution is 0.173. The molecule has 0 amide bonds. The summed E-state index contributed by atoms with van der Waals surface area (Å²) in [6.07, 6.45) is 4.09. The lowest BCUT2D eigenvalue weighted by atomic mass is 10.1. The van der Waals surface area contributed by atoms with Crippen LogP contribution in [0, 0.1) is 0 Å². The summed E-state index contributed by atoms with van der Waals surface area (Å²) in [7, 11) is 0. The molecular weight excluding hydrogens is 170 g/mol. The van der Waals surface area contributed by atoms with Crippen LogP contribution in [0.15, 0.2) is 23.4 Å². The van der Waals surface area contributed by atoms with Gasteiger partial charge in [0.15, 0.2) is 0 Å². The first kappa shape index (κ1) is 9.55. The molecule has 0 saturated carbocycles. The van der Waals surface area contributed by atoms with E-state index in [0.717, 1.165) is 17.0 Å². The summed E-state index contributed by atoms with van der Waals surface area (Å²) in [5.74, 6) is 0. The van der Waals surface area contributed by atoms with E-state index in [9.17, 15) is 5.11 Å². The quantitative estimate of drug-likeness (QED) is 0.730. The van der Waals surface area contributed by atoms with Crippen molar-refractivity contribution >= 4 is 11.8 Å². The third kappa shape index (κ3) is 2.22. The Morgan fingerprint density at radius 2 is 2.33 bits per heavy atom. The Labute approximate surface area is 77.0 Å². The summed E-state index contributed by atoms with van der Waals surface area (Å²) >= 11 is 1.60. The van der Waals surface area contributed by atoms with Crippen LogP contribution >= 0.6 is 11.8 Å². The average Bonchev–Trinajstić information content (AvgIpc) is 2.17. The minimum absolute atomic E-state index is 0.367. The van der Waals surface area contributed by atoms with E-state index in [-0.39, 0.29) is 6.10 Å². The topological polar surface area (TPSA) is 33.1 Å². The average molecular weight is 183 g/mol. The molecule has 0 radical (unpaired) electrons. The van der Waals surface area contributed by atoms with E-state index in [1.54, 1.807) is 18.0 Å². The van der Waals surface area contributed by atoms with Gasteiger partial charge in [-0.3, -0.25) is 0 Å². The van der Waals surface area contributed by atoms with Gasteiger partial charge in [0, 0.05) is 6.20 Å². The minimum atomic E-state index is -0.367. The predicted octanol–water partition coefficient (Wildman–Crippen LogP) is 2.25. The summed E-state index contributed by atoms with van der Waals surface area (Å²) in [6, 6.07) is 3.85. The van der Waals surface area contributed by atoms with Gasteiger partial charge in [0.1, 0.15) is 0 Å². The van der Waals surface area contributed by atoms with E-state index < -0.39 is 0 Å². The van der Waals surface area contributed by atoms with Crippen LogP contribution in [0.4, 0.5) is 0 Å². The van der Waals surface area contributed by atoms with Gasteiger partial charge in [-0.2, -0.15) is 0 Å². The molecule has 0 aliphatic carbocycles. The molecule has 0 aliphatic rings. The van der Waals surface area contributed by atoms with E-state index in [1.165, 1.54) is 0 Å². The number of rotatable bonds is 3. The number of hydrogen-bond acceptors (Lipinski definition) is 3. The van der Waals surface area contributed by atoms with Gasteiger partial charge in [0.2, 0.25) is 0 Å². The van der Waals surface area contributed by atoms with Crippen molar-refractivity contribution in [1.82, 2.24) is 4.98 Å². The van der Waals surface area contributed by atoms with Crippen LogP contribution in [0.2, 0.25) is 0 Å². The second kappa shape index (κ2) is 4.48. The summed E-state index contributed by atoms with van der Waals surface area (Å²) in [5.41, 5.74) is 0.898. The second-order valence-corrected chi connectivity index (χ2v) is 3.38. The van der Waals surface area contributed by atoms with Gasteiger partial charge in [-0.15, -0.1) is 11.8 Å². The van der Waals surface area contributed by atoms with Gasteiger partial charge in [-0.1, -0.05) is 13.0 Å². The first-order valence-electron chi connectivity index (χ1n) is 3.96. The highest BCUT2D eigenvalue weighted by Crippen LogP contribution is 2.17. The zero-order valence-corrected chi connectivity index (χ0v) is 8.14. The Hall–Kier alpha value is -0.540. The number of hydrogen-bond donors (Lipinski definition) is 1. The van der Waals surface area contributed by atoms with Gasteiger partial charge in [-0.05, 0) is 24.3 Å². The van der Waals surface area contributed by atoms with Crippen molar-refractivity contribution in [3.05, 3.63) is 23.9 Å². The smallest absolute Gasteiger partial charge is 0.0957 e.